The molecule has 2 atom stereocenters. The zero-order valence-electron chi connectivity index (χ0n) is 19.3. The van der Waals surface area contributed by atoms with Crippen LogP contribution in [0.25, 0.3) is 11.1 Å². The number of halogens is 1. The van der Waals surface area contributed by atoms with Gasteiger partial charge in [-0.05, 0) is 68.0 Å². The Morgan fingerprint density at radius 3 is 2.94 bits per heavy atom. The molecule has 5 rings (SSSR count). The number of hydrogen-bond acceptors (Lipinski definition) is 7. The number of rotatable bonds is 5. The number of nitrogen functional groups attached to an aromatic ring is 1. The molecule has 34 heavy (non-hydrogen) atoms. The van der Waals surface area contributed by atoms with Gasteiger partial charge in [0.05, 0.1) is 17.1 Å². The summed E-state index contributed by atoms with van der Waals surface area (Å²) in [6.45, 7) is 4.52. The molecule has 1 aliphatic heterocycles. The molecule has 8 heteroatoms. The van der Waals surface area contributed by atoms with E-state index in [2.05, 4.69) is 25.4 Å². The van der Waals surface area contributed by atoms with Gasteiger partial charge in [0.25, 0.3) is 0 Å². The van der Waals surface area contributed by atoms with Crippen molar-refractivity contribution in [2.75, 3.05) is 25.4 Å². The molecule has 7 nitrogen and oxygen atoms in total. The standard InChI is InChI=1S/C26H29FN6O/c1-16-25-23(32-26(28)31-16)10-19(11-24(25)33-34-15-17-4-2-8-29-13-17)21-7-6-20(27)12-22(21)18-5-3-9-30-14-18/h3,5-7,9,12,14,17,19,29H,2,4,8,10-11,13,15H2,1H3,(H2,28,31,32)/b33-24+. The van der Waals surface area contributed by atoms with E-state index < -0.39 is 0 Å². The number of hydrogen-bond donors (Lipinski definition) is 2. The second kappa shape index (κ2) is 9.85. The van der Waals surface area contributed by atoms with Crippen LogP contribution in [0.15, 0.2) is 47.9 Å². The van der Waals surface area contributed by atoms with Gasteiger partial charge in [-0.2, -0.15) is 0 Å². The van der Waals surface area contributed by atoms with E-state index in [9.17, 15) is 4.39 Å². The zero-order chi connectivity index (χ0) is 23.5. The molecule has 1 saturated heterocycles. The number of fused-ring (bicyclic) bond motifs is 1. The van der Waals surface area contributed by atoms with Crippen molar-refractivity contribution in [3.8, 4) is 11.1 Å². The summed E-state index contributed by atoms with van der Waals surface area (Å²) in [5.41, 5.74) is 12.1. The second-order valence-electron chi connectivity index (χ2n) is 9.11. The number of oxime groups is 1. The van der Waals surface area contributed by atoms with E-state index in [0.29, 0.717) is 25.4 Å². The fraction of sp³-hybridized carbons (Fsp3) is 0.385. The van der Waals surface area contributed by atoms with E-state index >= 15 is 0 Å². The van der Waals surface area contributed by atoms with Crippen molar-refractivity contribution in [2.24, 2.45) is 11.1 Å². The molecular formula is C26H29FN6O. The summed E-state index contributed by atoms with van der Waals surface area (Å²) in [6, 6.07) is 8.75. The second-order valence-corrected chi connectivity index (χ2v) is 9.11. The van der Waals surface area contributed by atoms with Crippen molar-refractivity contribution < 1.29 is 9.23 Å². The van der Waals surface area contributed by atoms with Gasteiger partial charge in [0.15, 0.2) is 0 Å². The van der Waals surface area contributed by atoms with Crippen LogP contribution in [0.3, 0.4) is 0 Å². The minimum Gasteiger partial charge on any atom is -0.395 e. The van der Waals surface area contributed by atoms with Gasteiger partial charge in [-0.15, -0.1) is 0 Å². The quantitative estimate of drug-likeness (QED) is 0.558. The predicted octanol–water partition coefficient (Wildman–Crippen LogP) is 4.02. The summed E-state index contributed by atoms with van der Waals surface area (Å²) in [6.07, 6.45) is 7.07. The molecule has 3 N–H and O–H groups in total. The Kier molecular flexibility index (Phi) is 6.49. The monoisotopic (exact) mass is 460 g/mol. The van der Waals surface area contributed by atoms with Crippen molar-refractivity contribution in [1.82, 2.24) is 20.3 Å². The van der Waals surface area contributed by atoms with Crippen molar-refractivity contribution in [1.29, 1.82) is 0 Å². The highest BCUT2D eigenvalue weighted by Gasteiger charge is 2.31. The molecule has 1 aromatic carbocycles. The molecule has 1 aliphatic carbocycles. The summed E-state index contributed by atoms with van der Waals surface area (Å²) >= 11 is 0. The Morgan fingerprint density at radius 1 is 1.24 bits per heavy atom. The minimum absolute atomic E-state index is 0.0377. The molecular weight excluding hydrogens is 431 g/mol. The van der Waals surface area contributed by atoms with Crippen LogP contribution in [0.1, 0.15) is 47.7 Å². The summed E-state index contributed by atoms with van der Waals surface area (Å²) < 4.78 is 14.3. The highest BCUT2D eigenvalue weighted by molar-refractivity contribution is 6.03. The maximum absolute atomic E-state index is 14.3. The van der Waals surface area contributed by atoms with E-state index in [1.54, 1.807) is 18.5 Å². The predicted molar refractivity (Wildman–Crippen MR) is 130 cm³/mol. The molecule has 176 valence electrons. The van der Waals surface area contributed by atoms with Gasteiger partial charge < -0.3 is 15.9 Å². The van der Waals surface area contributed by atoms with E-state index in [0.717, 1.165) is 65.3 Å². The van der Waals surface area contributed by atoms with Crippen LogP contribution >= 0.6 is 0 Å². The summed E-state index contributed by atoms with van der Waals surface area (Å²) in [7, 11) is 0. The molecule has 2 aliphatic rings. The van der Waals surface area contributed by atoms with E-state index in [-0.39, 0.29) is 17.7 Å². The van der Waals surface area contributed by atoms with Gasteiger partial charge >= 0.3 is 0 Å². The molecule has 3 heterocycles. The smallest absolute Gasteiger partial charge is 0.220 e. The fourth-order valence-electron chi connectivity index (χ4n) is 5.07. The van der Waals surface area contributed by atoms with Crippen LogP contribution in [0, 0.1) is 18.7 Å². The minimum atomic E-state index is -0.278. The van der Waals surface area contributed by atoms with Gasteiger partial charge in [0.2, 0.25) is 5.95 Å². The third-order valence-electron chi connectivity index (χ3n) is 6.66. The number of nitrogens with zero attached hydrogens (tertiary/aromatic N) is 4. The van der Waals surface area contributed by atoms with Gasteiger partial charge in [0, 0.05) is 42.4 Å². The van der Waals surface area contributed by atoms with Crippen LogP contribution < -0.4 is 11.1 Å². The number of aryl methyl sites for hydroxylation is 1. The van der Waals surface area contributed by atoms with Gasteiger partial charge in [-0.25, -0.2) is 14.4 Å². The van der Waals surface area contributed by atoms with Crippen LogP contribution in [0.2, 0.25) is 0 Å². The zero-order valence-corrected chi connectivity index (χ0v) is 19.3. The molecule has 0 amide bonds. The first-order valence-electron chi connectivity index (χ1n) is 11.8. The Bertz CT molecular complexity index is 1190. The molecule has 0 saturated carbocycles. The van der Waals surface area contributed by atoms with Crippen molar-refractivity contribution in [3.63, 3.8) is 0 Å². The van der Waals surface area contributed by atoms with Crippen molar-refractivity contribution in [3.05, 3.63) is 71.1 Å². The summed E-state index contributed by atoms with van der Waals surface area (Å²) in [5.74, 6) is 0.460. The number of nitrogens with two attached hydrogens (primary N) is 1. The van der Waals surface area contributed by atoms with Crippen molar-refractivity contribution in [2.45, 2.75) is 38.5 Å². The SMILES string of the molecule is Cc1nc(N)nc2c1/C(=N/OCC1CCCNC1)CC(c1ccc(F)cc1-c1cccnc1)C2. The highest BCUT2D eigenvalue weighted by Crippen LogP contribution is 2.38. The molecule has 2 aromatic heterocycles. The first kappa shape index (κ1) is 22.4. The van der Waals surface area contributed by atoms with Crippen LogP contribution in [-0.2, 0) is 11.3 Å². The molecule has 0 bridgehead atoms. The van der Waals surface area contributed by atoms with E-state index in [1.807, 2.05) is 25.1 Å². The Labute approximate surface area is 198 Å². The summed E-state index contributed by atoms with van der Waals surface area (Å²) in [5, 5.41) is 8.00. The maximum Gasteiger partial charge on any atom is 0.220 e. The van der Waals surface area contributed by atoms with Crippen molar-refractivity contribution >= 4 is 11.7 Å². The van der Waals surface area contributed by atoms with Crippen LogP contribution in [0.5, 0.6) is 0 Å². The number of anilines is 1. The van der Waals surface area contributed by atoms with Gasteiger partial charge in [0.1, 0.15) is 12.4 Å². The van der Waals surface area contributed by atoms with E-state index in [1.165, 1.54) is 6.07 Å². The average Bonchev–Trinajstić information content (AvgIpc) is 2.84. The average molecular weight is 461 g/mol. The van der Waals surface area contributed by atoms with E-state index in [4.69, 9.17) is 10.6 Å². The molecule has 1 fully saturated rings. The Hall–Kier alpha value is -3.39. The molecule has 2 unspecified atom stereocenters. The maximum atomic E-state index is 14.3. The fourth-order valence-corrected chi connectivity index (χ4v) is 5.07. The third-order valence-corrected chi connectivity index (χ3v) is 6.66. The highest BCUT2D eigenvalue weighted by atomic mass is 19.1. The first-order valence-corrected chi connectivity index (χ1v) is 11.8. The number of pyridine rings is 1. The lowest BCUT2D eigenvalue weighted by Crippen LogP contribution is -2.32. The summed E-state index contributed by atoms with van der Waals surface area (Å²) in [4.78, 5) is 19.0. The Balaban J connectivity index is 1.50. The topological polar surface area (TPSA) is 98.3 Å². The molecule has 0 spiro atoms. The van der Waals surface area contributed by atoms with Crippen LogP contribution in [0.4, 0.5) is 10.3 Å². The number of aromatic nitrogens is 3. The number of benzene rings is 1. The largest absolute Gasteiger partial charge is 0.395 e. The number of piperidine rings is 1. The first-order chi connectivity index (χ1) is 16.6. The Morgan fingerprint density at radius 2 is 2.15 bits per heavy atom. The van der Waals surface area contributed by atoms with Gasteiger partial charge in [-0.1, -0.05) is 17.3 Å². The normalized spacial score (nSPS) is 21.3. The van der Waals surface area contributed by atoms with Crippen LogP contribution in [-0.4, -0.2) is 40.4 Å². The lowest BCUT2D eigenvalue weighted by molar-refractivity contribution is 0.0960. The number of nitrogens with one attached hydrogen (secondary N) is 1. The lowest BCUT2D eigenvalue weighted by atomic mass is 9.78. The van der Waals surface area contributed by atoms with Gasteiger partial charge in [-0.3, -0.25) is 4.98 Å². The third kappa shape index (κ3) is 4.77. The molecule has 0 radical (unpaired) electrons. The lowest BCUT2D eigenvalue weighted by Gasteiger charge is -2.28. The molecule has 3 aromatic rings.